The highest BCUT2D eigenvalue weighted by Gasteiger charge is 2.27. The summed E-state index contributed by atoms with van der Waals surface area (Å²) in [4.78, 5) is 35.5. The van der Waals surface area contributed by atoms with Crippen LogP contribution in [0.15, 0.2) is 48.7 Å². The van der Waals surface area contributed by atoms with Crippen LogP contribution in [0.2, 0.25) is 0 Å². The zero-order valence-electron chi connectivity index (χ0n) is 20.7. The maximum Gasteiger partial charge on any atom is 0.336 e. The number of hydrogen-bond acceptors (Lipinski definition) is 5. The molecule has 2 aliphatic heterocycles. The van der Waals surface area contributed by atoms with E-state index in [4.69, 9.17) is 0 Å². The number of piperazine rings is 2. The van der Waals surface area contributed by atoms with Gasteiger partial charge in [0.2, 0.25) is 0 Å². The predicted molar refractivity (Wildman–Crippen MR) is 142 cm³/mol. The van der Waals surface area contributed by atoms with Crippen LogP contribution in [0.5, 0.6) is 0 Å². The van der Waals surface area contributed by atoms with Crippen LogP contribution in [-0.4, -0.2) is 90.7 Å². The molecule has 0 radical (unpaired) electrons. The number of aromatic nitrogens is 1. The molecule has 3 heterocycles. The molecule has 36 heavy (non-hydrogen) atoms. The molecule has 8 nitrogen and oxygen atoms in total. The van der Waals surface area contributed by atoms with Crippen LogP contribution < -0.4 is 10.2 Å². The van der Waals surface area contributed by atoms with E-state index in [0.29, 0.717) is 18.7 Å². The maximum absolute atomic E-state index is 13.5. The lowest BCUT2D eigenvalue weighted by molar-refractivity contribution is 0.0671. The number of carbonyl (C=O) groups excluding carboxylic acids is 1. The minimum absolute atomic E-state index is 0.0863. The number of carbonyl (C=O) groups is 2. The largest absolute Gasteiger partial charge is 0.478 e. The van der Waals surface area contributed by atoms with Crippen molar-refractivity contribution in [3.63, 3.8) is 0 Å². The van der Waals surface area contributed by atoms with Crippen molar-refractivity contribution in [1.29, 1.82) is 0 Å². The van der Waals surface area contributed by atoms with Crippen molar-refractivity contribution in [2.75, 3.05) is 63.8 Å². The number of amides is 1. The number of aromatic amines is 1. The van der Waals surface area contributed by atoms with Gasteiger partial charge in [0.15, 0.2) is 0 Å². The summed E-state index contributed by atoms with van der Waals surface area (Å²) in [5.74, 6) is -1.24. The van der Waals surface area contributed by atoms with Crippen LogP contribution in [0.4, 0.5) is 5.69 Å². The molecule has 1 aromatic heterocycles. The van der Waals surface area contributed by atoms with Gasteiger partial charge in [0.1, 0.15) is 0 Å². The van der Waals surface area contributed by atoms with Crippen LogP contribution in [-0.2, 0) is 6.42 Å². The van der Waals surface area contributed by atoms with E-state index in [0.717, 1.165) is 81.5 Å². The molecule has 0 aliphatic carbocycles. The number of fused-ring (bicyclic) bond motifs is 1. The average molecular weight is 490 g/mol. The minimum atomic E-state index is -1.06. The number of benzene rings is 2. The first-order valence-electron chi connectivity index (χ1n) is 13.0. The van der Waals surface area contributed by atoms with Crippen molar-refractivity contribution in [3.8, 4) is 0 Å². The van der Waals surface area contributed by atoms with Gasteiger partial charge in [-0.3, -0.25) is 9.69 Å². The lowest BCUT2D eigenvalue weighted by Crippen LogP contribution is -2.46. The number of nitrogens with one attached hydrogen (secondary N) is 2. The van der Waals surface area contributed by atoms with Gasteiger partial charge in [-0.2, -0.15) is 0 Å². The molecule has 2 saturated heterocycles. The van der Waals surface area contributed by atoms with Gasteiger partial charge in [-0.05, 0) is 55.6 Å². The minimum Gasteiger partial charge on any atom is -0.478 e. The molecular weight excluding hydrogens is 454 g/mol. The Kier molecular flexibility index (Phi) is 7.53. The molecule has 8 heteroatoms. The van der Waals surface area contributed by atoms with Gasteiger partial charge in [0, 0.05) is 75.1 Å². The van der Waals surface area contributed by atoms with Crippen LogP contribution in [0.3, 0.4) is 0 Å². The Labute approximate surface area is 211 Å². The second kappa shape index (κ2) is 11.1. The molecule has 0 atom stereocenters. The van der Waals surface area contributed by atoms with Gasteiger partial charge >= 0.3 is 5.97 Å². The Morgan fingerprint density at radius 2 is 1.64 bits per heavy atom. The standard InChI is InChI=1S/C28H35N5O3/c34-27(33-14-11-29-12-15-33)26-23(28(35)36)9-10-24-25(26)21(20-30-24)6-4-5-13-31-16-18-32(19-17-31)22-7-2-1-3-8-22/h1-3,7-10,20,29-30H,4-6,11-19H2,(H,35,36). The van der Waals surface area contributed by atoms with E-state index < -0.39 is 5.97 Å². The van der Waals surface area contributed by atoms with E-state index >= 15 is 0 Å². The molecule has 190 valence electrons. The quantitative estimate of drug-likeness (QED) is 0.421. The van der Waals surface area contributed by atoms with Crippen LogP contribution in [0.25, 0.3) is 10.9 Å². The first-order chi connectivity index (χ1) is 17.6. The smallest absolute Gasteiger partial charge is 0.336 e. The van der Waals surface area contributed by atoms with Crippen LogP contribution >= 0.6 is 0 Å². The monoisotopic (exact) mass is 489 g/mol. The van der Waals surface area contributed by atoms with Gasteiger partial charge in [-0.25, -0.2) is 4.79 Å². The Bertz CT molecular complexity index is 1190. The highest BCUT2D eigenvalue weighted by atomic mass is 16.4. The van der Waals surface area contributed by atoms with E-state index in [1.54, 1.807) is 17.0 Å². The second-order valence-corrected chi connectivity index (χ2v) is 9.69. The number of carboxylic acids is 1. The second-order valence-electron chi connectivity index (χ2n) is 9.69. The van der Waals surface area contributed by atoms with Gasteiger partial charge in [0.05, 0.1) is 11.1 Å². The fourth-order valence-corrected chi connectivity index (χ4v) is 5.44. The third kappa shape index (κ3) is 5.24. The number of anilines is 1. The lowest BCUT2D eigenvalue weighted by Gasteiger charge is -2.36. The van der Waals surface area contributed by atoms with Crippen molar-refractivity contribution in [1.82, 2.24) is 20.1 Å². The predicted octanol–water partition coefficient (Wildman–Crippen LogP) is 3.06. The summed E-state index contributed by atoms with van der Waals surface area (Å²) in [7, 11) is 0. The molecule has 3 aromatic rings. The number of para-hydroxylation sites is 1. The zero-order chi connectivity index (χ0) is 24.9. The highest BCUT2D eigenvalue weighted by molar-refractivity contribution is 6.14. The van der Waals surface area contributed by atoms with E-state index in [1.165, 1.54) is 5.69 Å². The number of unbranched alkanes of at least 4 members (excludes halogenated alkanes) is 1. The fourth-order valence-electron chi connectivity index (χ4n) is 5.44. The summed E-state index contributed by atoms with van der Waals surface area (Å²) in [6, 6.07) is 13.9. The molecule has 0 bridgehead atoms. The molecule has 0 spiro atoms. The SMILES string of the molecule is O=C(O)c1ccc2[nH]cc(CCCCN3CCN(c4ccccc4)CC3)c2c1C(=O)N1CCNCC1. The summed E-state index contributed by atoms with van der Waals surface area (Å²) in [5, 5.41) is 13.9. The Morgan fingerprint density at radius 3 is 2.36 bits per heavy atom. The summed E-state index contributed by atoms with van der Waals surface area (Å²) in [6.07, 6.45) is 4.82. The summed E-state index contributed by atoms with van der Waals surface area (Å²) in [5.41, 5.74) is 3.56. The Balaban J connectivity index is 1.22. The Hall–Kier alpha value is -3.36. The maximum atomic E-state index is 13.5. The zero-order valence-corrected chi connectivity index (χ0v) is 20.7. The summed E-state index contributed by atoms with van der Waals surface area (Å²) >= 11 is 0. The van der Waals surface area contributed by atoms with Crippen LogP contribution in [0, 0.1) is 0 Å². The van der Waals surface area contributed by atoms with Crippen molar-refractivity contribution in [2.24, 2.45) is 0 Å². The molecule has 3 N–H and O–H groups in total. The molecule has 0 unspecified atom stereocenters. The number of H-pyrrole nitrogens is 1. The highest BCUT2D eigenvalue weighted by Crippen LogP contribution is 2.29. The van der Waals surface area contributed by atoms with Crippen molar-refractivity contribution in [2.45, 2.75) is 19.3 Å². The number of hydrogen-bond donors (Lipinski definition) is 3. The normalized spacial score (nSPS) is 17.0. The lowest BCUT2D eigenvalue weighted by atomic mass is 9.96. The first kappa shape index (κ1) is 24.3. The number of carboxylic acid groups (broad SMARTS) is 1. The molecular formula is C28H35N5O3. The average Bonchev–Trinajstić information content (AvgIpc) is 3.34. The van der Waals surface area contributed by atoms with E-state index in [9.17, 15) is 14.7 Å². The van der Waals surface area contributed by atoms with E-state index in [-0.39, 0.29) is 11.5 Å². The summed E-state index contributed by atoms with van der Waals surface area (Å²) in [6.45, 7) is 7.90. The molecule has 2 aliphatic rings. The molecule has 5 rings (SSSR count). The third-order valence-electron chi connectivity index (χ3n) is 7.44. The van der Waals surface area contributed by atoms with Crippen molar-refractivity contribution in [3.05, 3.63) is 65.4 Å². The molecule has 2 fully saturated rings. The first-order valence-corrected chi connectivity index (χ1v) is 13.0. The van der Waals surface area contributed by atoms with Gasteiger partial charge in [-0.1, -0.05) is 18.2 Å². The van der Waals surface area contributed by atoms with Gasteiger partial charge in [0.25, 0.3) is 5.91 Å². The number of rotatable bonds is 8. The molecule has 2 aromatic carbocycles. The third-order valence-corrected chi connectivity index (χ3v) is 7.44. The fraction of sp³-hybridized carbons (Fsp3) is 0.429. The van der Waals surface area contributed by atoms with Gasteiger partial charge in [-0.15, -0.1) is 0 Å². The number of aromatic carboxylic acids is 1. The molecule has 1 amide bonds. The molecule has 0 saturated carbocycles. The van der Waals surface area contributed by atoms with Crippen molar-refractivity contribution < 1.29 is 14.7 Å². The summed E-state index contributed by atoms with van der Waals surface area (Å²) < 4.78 is 0. The van der Waals surface area contributed by atoms with E-state index in [2.05, 4.69) is 50.4 Å². The Morgan fingerprint density at radius 1 is 0.889 bits per heavy atom. The number of aryl methyl sites for hydroxylation is 1. The number of nitrogens with zero attached hydrogens (tertiary/aromatic N) is 3. The van der Waals surface area contributed by atoms with E-state index in [1.807, 2.05) is 6.20 Å². The van der Waals surface area contributed by atoms with Crippen LogP contribution in [0.1, 0.15) is 39.1 Å². The topological polar surface area (TPSA) is 91.9 Å². The van der Waals surface area contributed by atoms with Crippen molar-refractivity contribution >= 4 is 28.5 Å². The van der Waals surface area contributed by atoms with Gasteiger partial charge < -0.3 is 25.2 Å².